The fourth-order valence-electron chi connectivity index (χ4n) is 5.81. The number of benzene rings is 1. The zero-order valence-electron chi connectivity index (χ0n) is 25.3. The van der Waals surface area contributed by atoms with Crippen molar-refractivity contribution in [2.45, 2.75) is 50.1 Å². The number of hydrogen-bond donors (Lipinski definition) is 0. The Morgan fingerprint density at radius 2 is 1.50 bits per heavy atom. The van der Waals surface area contributed by atoms with Crippen LogP contribution in [0.25, 0.3) is 11.1 Å². The number of hydrogen-bond acceptors (Lipinski definition) is 8. The largest absolute Gasteiger partial charge is 0.416 e. The van der Waals surface area contributed by atoms with E-state index < -0.39 is 35.4 Å². The lowest BCUT2D eigenvalue weighted by molar-refractivity contribution is -0.143. The second-order valence-corrected chi connectivity index (χ2v) is 12.2. The Balaban J connectivity index is 1.31. The normalized spacial score (nSPS) is 18.4. The molecule has 2 fully saturated rings. The SMILES string of the molecule is Cn1cc(-c2cnc(N(Cc3cc(C(F)(F)F)cc(C(F)(F)F)c3)C3CCN(c4nc(N5CCC(F)(F)CC5)ncc4Cl)C3)nc2)cn1. The second-order valence-electron chi connectivity index (χ2n) is 11.8. The first-order valence-electron chi connectivity index (χ1n) is 14.8. The van der Waals surface area contributed by atoms with Crippen LogP contribution in [0.2, 0.25) is 5.02 Å². The summed E-state index contributed by atoms with van der Waals surface area (Å²) in [5.41, 5.74) is -1.77. The van der Waals surface area contributed by atoms with Crippen molar-refractivity contribution >= 4 is 29.3 Å². The van der Waals surface area contributed by atoms with Crippen molar-refractivity contribution in [2.24, 2.45) is 7.05 Å². The van der Waals surface area contributed by atoms with E-state index in [2.05, 4.69) is 25.0 Å². The van der Waals surface area contributed by atoms with E-state index in [0.717, 1.165) is 0 Å². The Kier molecular flexibility index (Phi) is 8.85. The van der Waals surface area contributed by atoms with Gasteiger partial charge in [-0.3, -0.25) is 4.68 Å². The van der Waals surface area contributed by atoms with Crippen molar-refractivity contribution < 1.29 is 35.1 Å². The number of rotatable bonds is 7. The fraction of sp³-hybridized carbons (Fsp3) is 0.433. The third-order valence-electron chi connectivity index (χ3n) is 8.33. The molecule has 0 aliphatic carbocycles. The summed E-state index contributed by atoms with van der Waals surface area (Å²) >= 11 is 6.47. The molecule has 48 heavy (non-hydrogen) atoms. The van der Waals surface area contributed by atoms with Crippen molar-refractivity contribution in [3.63, 3.8) is 0 Å². The molecule has 9 nitrogen and oxygen atoms in total. The van der Waals surface area contributed by atoms with Crippen molar-refractivity contribution in [1.29, 1.82) is 0 Å². The Hall–Kier alpha value is -4.28. The van der Waals surface area contributed by atoms with Gasteiger partial charge in [-0.15, -0.1) is 0 Å². The minimum atomic E-state index is -5.02. The molecule has 2 aliphatic rings. The first-order valence-corrected chi connectivity index (χ1v) is 15.2. The van der Waals surface area contributed by atoms with E-state index in [4.69, 9.17) is 11.6 Å². The number of nitrogens with zero attached hydrogens (tertiary/aromatic N) is 9. The molecule has 1 aromatic carbocycles. The summed E-state index contributed by atoms with van der Waals surface area (Å²) in [7, 11) is 1.73. The van der Waals surface area contributed by atoms with Gasteiger partial charge >= 0.3 is 12.4 Å². The van der Waals surface area contributed by atoms with Gasteiger partial charge in [0.15, 0.2) is 5.82 Å². The van der Waals surface area contributed by atoms with E-state index in [1.165, 1.54) is 18.6 Å². The van der Waals surface area contributed by atoms with Crippen LogP contribution in [0.1, 0.15) is 36.0 Å². The molecule has 18 heteroatoms. The Labute approximate surface area is 274 Å². The zero-order chi connectivity index (χ0) is 34.4. The molecule has 0 spiro atoms. The summed E-state index contributed by atoms with van der Waals surface area (Å²) < 4.78 is 111. The average Bonchev–Trinajstić information content (AvgIpc) is 3.69. The predicted octanol–water partition coefficient (Wildman–Crippen LogP) is 6.88. The van der Waals surface area contributed by atoms with Crippen LogP contribution in [0.4, 0.5) is 52.8 Å². The van der Waals surface area contributed by atoms with Crippen LogP contribution in [0.5, 0.6) is 0 Å². The van der Waals surface area contributed by atoms with Gasteiger partial charge in [-0.05, 0) is 30.2 Å². The first kappa shape index (κ1) is 33.6. The Bertz CT molecular complexity index is 1720. The summed E-state index contributed by atoms with van der Waals surface area (Å²) in [4.78, 5) is 22.7. The van der Waals surface area contributed by atoms with E-state index in [9.17, 15) is 35.1 Å². The molecule has 0 amide bonds. The Morgan fingerprint density at radius 1 is 0.854 bits per heavy atom. The minimum absolute atomic E-state index is 0.0494. The molecule has 2 saturated heterocycles. The summed E-state index contributed by atoms with van der Waals surface area (Å²) in [5, 5.41) is 4.31. The van der Waals surface area contributed by atoms with Gasteiger partial charge in [0.25, 0.3) is 5.92 Å². The van der Waals surface area contributed by atoms with Crippen LogP contribution < -0.4 is 14.7 Å². The second kappa shape index (κ2) is 12.6. The molecule has 3 aromatic heterocycles. The molecule has 0 N–H and O–H groups in total. The van der Waals surface area contributed by atoms with E-state index in [1.54, 1.807) is 38.8 Å². The molecule has 1 unspecified atom stereocenters. The smallest absolute Gasteiger partial charge is 0.353 e. The van der Waals surface area contributed by atoms with E-state index >= 15 is 0 Å². The van der Waals surface area contributed by atoms with Gasteiger partial charge < -0.3 is 14.7 Å². The lowest BCUT2D eigenvalue weighted by Gasteiger charge is -2.32. The highest BCUT2D eigenvalue weighted by atomic mass is 35.5. The topological polar surface area (TPSA) is 79.1 Å². The van der Waals surface area contributed by atoms with Crippen LogP contribution in [-0.4, -0.2) is 67.9 Å². The fourth-order valence-corrected chi connectivity index (χ4v) is 6.02. The summed E-state index contributed by atoms with van der Waals surface area (Å²) in [5.74, 6) is -2.13. The van der Waals surface area contributed by atoms with Crippen LogP contribution in [-0.2, 0) is 25.9 Å². The lowest BCUT2D eigenvalue weighted by atomic mass is 10.0. The highest BCUT2D eigenvalue weighted by Crippen LogP contribution is 2.38. The van der Waals surface area contributed by atoms with Crippen molar-refractivity contribution in [2.75, 3.05) is 40.9 Å². The van der Waals surface area contributed by atoms with Crippen LogP contribution in [0.3, 0.4) is 0 Å². The number of piperidine rings is 1. The highest BCUT2D eigenvalue weighted by molar-refractivity contribution is 6.32. The van der Waals surface area contributed by atoms with Crippen LogP contribution in [0, 0.1) is 0 Å². The molecule has 0 saturated carbocycles. The molecular weight excluding hydrogens is 674 g/mol. The molecule has 5 heterocycles. The molecule has 1 atom stereocenters. The molecule has 0 bridgehead atoms. The molecular formula is C30H28ClF8N9. The predicted molar refractivity (Wildman–Crippen MR) is 161 cm³/mol. The number of aromatic nitrogens is 6. The number of aryl methyl sites for hydroxylation is 1. The van der Waals surface area contributed by atoms with Gasteiger partial charge in [0.2, 0.25) is 11.9 Å². The zero-order valence-corrected chi connectivity index (χ0v) is 26.0. The standard InChI is InChI=1S/C30H28ClF8N9/c1-45-16-20(13-43-45)19-11-40-26(41-12-19)48(15-18-8-21(29(34,35)36)10-22(9-18)30(37,38)39)23-2-5-47(17-23)25-24(31)14-42-27(44-25)46-6-3-28(32,33)4-7-46/h8-14,16,23H,2-7,15,17H2,1H3. The molecule has 6 rings (SSSR count). The molecule has 4 aromatic rings. The van der Waals surface area contributed by atoms with Gasteiger partial charge in [0.1, 0.15) is 5.02 Å². The summed E-state index contributed by atoms with van der Waals surface area (Å²) in [6, 6.07) is 0.965. The number of anilines is 3. The molecule has 0 radical (unpaired) electrons. The average molecular weight is 702 g/mol. The maximum atomic E-state index is 13.7. The van der Waals surface area contributed by atoms with E-state index in [0.29, 0.717) is 42.0 Å². The highest BCUT2D eigenvalue weighted by Gasteiger charge is 2.39. The minimum Gasteiger partial charge on any atom is -0.353 e. The maximum Gasteiger partial charge on any atom is 0.416 e. The van der Waals surface area contributed by atoms with E-state index in [-0.39, 0.29) is 67.6 Å². The first-order chi connectivity index (χ1) is 22.6. The van der Waals surface area contributed by atoms with Crippen molar-refractivity contribution in [3.8, 4) is 11.1 Å². The Morgan fingerprint density at radius 3 is 2.08 bits per heavy atom. The molecule has 256 valence electrons. The maximum absolute atomic E-state index is 13.7. The van der Waals surface area contributed by atoms with Crippen molar-refractivity contribution in [1.82, 2.24) is 29.7 Å². The molecule has 2 aliphatic heterocycles. The lowest BCUT2D eigenvalue weighted by Crippen LogP contribution is -2.40. The van der Waals surface area contributed by atoms with Crippen molar-refractivity contribution in [3.05, 3.63) is 70.9 Å². The van der Waals surface area contributed by atoms with Gasteiger partial charge in [0.05, 0.1) is 29.6 Å². The summed E-state index contributed by atoms with van der Waals surface area (Å²) in [6.07, 6.45) is -2.62. The van der Waals surface area contributed by atoms with Crippen LogP contribution >= 0.6 is 11.6 Å². The number of halogens is 9. The quantitative estimate of drug-likeness (QED) is 0.193. The van der Waals surface area contributed by atoms with Gasteiger partial charge in [-0.1, -0.05) is 11.6 Å². The van der Waals surface area contributed by atoms with Gasteiger partial charge in [-0.2, -0.15) is 36.4 Å². The third kappa shape index (κ3) is 7.39. The van der Waals surface area contributed by atoms with E-state index in [1.807, 2.05) is 0 Å². The third-order valence-corrected chi connectivity index (χ3v) is 8.59. The monoisotopic (exact) mass is 701 g/mol. The van der Waals surface area contributed by atoms with Crippen LogP contribution in [0.15, 0.2) is 49.2 Å². The number of alkyl halides is 8. The van der Waals surface area contributed by atoms with Gasteiger partial charge in [0, 0.05) is 82.3 Å². The summed E-state index contributed by atoms with van der Waals surface area (Å²) in [6.45, 7) is 0.288. The van der Waals surface area contributed by atoms with Gasteiger partial charge in [-0.25, -0.2) is 23.7 Å².